The highest BCUT2D eigenvalue weighted by molar-refractivity contribution is 5.99. The Bertz CT molecular complexity index is 1730. The first-order valence-electron chi connectivity index (χ1n) is 22.1. The van der Waals surface area contributed by atoms with Crippen molar-refractivity contribution in [3.63, 3.8) is 0 Å². The second kappa shape index (κ2) is 18.7. The number of rotatable bonds is 10. The molecule has 5 aliphatic rings. The fourth-order valence-electron chi connectivity index (χ4n) is 10.9. The van der Waals surface area contributed by atoms with Crippen LogP contribution in [0.25, 0.3) is 0 Å². The summed E-state index contributed by atoms with van der Waals surface area (Å²) < 4.78 is 17.9. The van der Waals surface area contributed by atoms with E-state index in [2.05, 4.69) is 58.9 Å². The molecule has 0 aliphatic heterocycles. The summed E-state index contributed by atoms with van der Waals surface area (Å²) in [6.07, 6.45) is 13.8. The molecule has 7 rings (SSSR count). The van der Waals surface area contributed by atoms with E-state index < -0.39 is 23.2 Å². The minimum atomic E-state index is -1.29. The van der Waals surface area contributed by atoms with Crippen molar-refractivity contribution in [1.29, 1.82) is 0 Å². The van der Waals surface area contributed by atoms with Crippen LogP contribution in [0.15, 0.2) is 48.0 Å². The number of aliphatic hydroxyl groups is 2. The van der Waals surface area contributed by atoms with Crippen molar-refractivity contribution < 1.29 is 34.0 Å². The molecule has 314 valence electrons. The molecule has 5 aliphatic carbocycles. The van der Waals surface area contributed by atoms with E-state index in [0.29, 0.717) is 55.4 Å². The first-order valence-corrected chi connectivity index (χ1v) is 22.1. The molecule has 8 heteroatoms. The van der Waals surface area contributed by atoms with Crippen LogP contribution in [-0.2, 0) is 17.7 Å². The van der Waals surface area contributed by atoms with E-state index >= 15 is 0 Å². The van der Waals surface area contributed by atoms with Crippen LogP contribution in [0.3, 0.4) is 0 Å². The Labute approximate surface area is 342 Å². The summed E-state index contributed by atoms with van der Waals surface area (Å²) in [4.78, 5) is 31.0. The summed E-state index contributed by atoms with van der Waals surface area (Å²) in [5.41, 5.74) is 2.82. The lowest BCUT2D eigenvalue weighted by molar-refractivity contribution is -0.0877. The number of hydrogen-bond donors (Lipinski definition) is 2. The number of amides is 1. The van der Waals surface area contributed by atoms with Gasteiger partial charge in [-0.25, -0.2) is 4.79 Å². The second-order valence-corrected chi connectivity index (χ2v) is 18.9. The molecule has 8 nitrogen and oxygen atoms in total. The maximum absolute atomic E-state index is 14.7. The third-order valence-corrected chi connectivity index (χ3v) is 14.7. The Morgan fingerprint density at radius 3 is 2.44 bits per heavy atom. The van der Waals surface area contributed by atoms with Gasteiger partial charge in [-0.3, -0.25) is 4.79 Å². The average Bonchev–Trinajstić information content (AvgIpc) is 3.45. The molecule has 2 N–H and O–H groups in total. The van der Waals surface area contributed by atoms with Gasteiger partial charge in [-0.15, -0.1) is 0 Å². The van der Waals surface area contributed by atoms with Crippen LogP contribution in [0.5, 0.6) is 11.5 Å². The molecule has 1 amide bonds. The van der Waals surface area contributed by atoms with Crippen molar-refractivity contribution in [2.24, 2.45) is 29.1 Å². The topological polar surface area (TPSA) is 106 Å². The van der Waals surface area contributed by atoms with Crippen LogP contribution in [0, 0.1) is 29.1 Å². The van der Waals surface area contributed by atoms with Crippen molar-refractivity contribution in [2.45, 2.75) is 161 Å². The summed E-state index contributed by atoms with van der Waals surface area (Å²) in [7, 11) is 3.24. The summed E-state index contributed by atoms with van der Waals surface area (Å²) in [6, 6.07) is 11.9. The van der Waals surface area contributed by atoms with Crippen molar-refractivity contribution in [3.05, 3.63) is 70.3 Å². The van der Waals surface area contributed by atoms with Gasteiger partial charge in [0.05, 0.1) is 39.0 Å². The van der Waals surface area contributed by atoms with Gasteiger partial charge in [-0.2, -0.15) is 0 Å². The Kier molecular flexibility index (Phi) is 14.2. The lowest BCUT2D eigenvalue weighted by Crippen LogP contribution is -2.54. The monoisotopic (exact) mass is 786 g/mol. The van der Waals surface area contributed by atoms with E-state index in [1.807, 2.05) is 18.2 Å². The van der Waals surface area contributed by atoms with Crippen molar-refractivity contribution in [2.75, 3.05) is 20.8 Å². The van der Waals surface area contributed by atoms with Crippen molar-refractivity contribution in [3.8, 4) is 11.5 Å². The van der Waals surface area contributed by atoms with Gasteiger partial charge in [0.1, 0.15) is 17.6 Å². The molecular weight excluding hydrogens is 715 g/mol. The van der Waals surface area contributed by atoms with Crippen LogP contribution >= 0.6 is 0 Å². The number of fused-ring (bicyclic) bond motifs is 8. The minimum absolute atomic E-state index is 0.00408. The fourth-order valence-corrected chi connectivity index (χ4v) is 10.9. The lowest BCUT2D eigenvalue weighted by atomic mass is 9.64. The first-order chi connectivity index (χ1) is 27.2. The lowest BCUT2D eigenvalue weighted by Gasteiger charge is -2.46. The molecule has 0 aromatic heterocycles. The number of carbonyl (C=O) groups is 2. The molecule has 0 unspecified atom stereocenters. The SMILES string of the molecule is COc1ccc(CN(C[C@]2(O)CC[C@H]3c4ccc(cc4C(=O)C4CCCCC4)C[C@@H](O)CCC(C)=CCC[C@@]32C)C(=O)O[C@H]2C[C@@H](C)CC[C@@H]2C(C)C)c(OC)c1. The third-order valence-electron chi connectivity index (χ3n) is 14.7. The zero-order valence-corrected chi connectivity index (χ0v) is 36.0. The van der Waals surface area contributed by atoms with Crippen LogP contribution in [0.2, 0.25) is 0 Å². The molecule has 7 atom stereocenters. The molecule has 2 aromatic carbocycles. The van der Waals surface area contributed by atoms with Gasteiger partial charge in [0.2, 0.25) is 0 Å². The number of nitrogens with zero attached hydrogens (tertiary/aromatic N) is 1. The van der Waals surface area contributed by atoms with Crippen molar-refractivity contribution >= 4 is 11.9 Å². The number of benzene rings is 2. The standard InChI is InChI=1S/C49H71NO7/c1-32(2)40-21-16-34(4)26-45(40)57-47(53)50(30-37-18-20-39(55-6)29-44(37)56-7)31-49(54)25-23-43-41-22-17-35(28-42(41)46(52)36-13-9-8-10-14-36)27-38(51)19-15-33(3)12-11-24-48(43,49)5/h12,17-18,20,22,28-29,32,34,36,38,40,43,45,51,54H,8-11,13-16,19,21,23-27,30-31H2,1-7H3/t34-,38-,40+,43-,45-,48-,49+/m0/s1. The molecule has 0 heterocycles. The molecular formula is C49H71NO7. The van der Waals surface area contributed by atoms with E-state index in [0.717, 1.165) is 80.0 Å². The zero-order chi connectivity index (χ0) is 40.9. The smallest absolute Gasteiger partial charge is 0.410 e. The second-order valence-electron chi connectivity index (χ2n) is 18.9. The molecule has 3 saturated carbocycles. The fraction of sp³-hybridized carbons (Fsp3) is 0.673. The third kappa shape index (κ3) is 9.75. The Morgan fingerprint density at radius 1 is 0.947 bits per heavy atom. The number of aliphatic hydroxyl groups excluding tert-OH is 1. The van der Waals surface area contributed by atoms with Crippen LogP contribution < -0.4 is 9.47 Å². The maximum atomic E-state index is 14.7. The van der Waals surface area contributed by atoms with Gasteiger partial charge in [0, 0.05) is 28.5 Å². The summed E-state index contributed by atoms with van der Waals surface area (Å²) in [6.45, 7) is 11.3. The van der Waals surface area contributed by atoms with Crippen LogP contribution in [-0.4, -0.2) is 65.6 Å². The number of hydrogen-bond acceptors (Lipinski definition) is 7. The number of ether oxygens (including phenoxy) is 3. The van der Waals surface area contributed by atoms with Crippen molar-refractivity contribution in [1.82, 2.24) is 4.90 Å². The highest BCUT2D eigenvalue weighted by Crippen LogP contribution is 2.59. The Hall–Kier alpha value is -3.36. The van der Waals surface area contributed by atoms with Gasteiger partial charge < -0.3 is 29.3 Å². The molecule has 0 radical (unpaired) electrons. The van der Waals surface area contributed by atoms with Gasteiger partial charge >= 0.3 is 6.09 Å². The normalized spacial score (nSPS) is 29.9. The number of carbonyl (C=O) groups excluding carboxylic acids is 2. The zero-order valence-electron chi connectivity index (χ0n) is 36.0. The van der Waals surface area contributed by atoms with E-state index in [9.17, 15) is 19.8 Å². The summed E-state index contributed by atoms with van der Waals surface area (Å²) in [5.74, 6) is 2.48. The largest absolute Gasteiger partial charge is 0.497 e. The molecule has 0 saturated heterocycles. The number of Topliss-reactive ketones (excluding diaryl/α,β-unsaturated/α-hetero) is 1. The van der Waals surface area contributed by atoms with Gasteiger partial charge in [-0.1, -0.05) is 77.2 Å². The Morgan fingerprint density at radius 2 is 1.72 bits per heavy atom. The molecule has 0 spiro atoms. The summed E-state index contributed by atoms with van der Waals surface area (Å²) in [5, 5.41) is 24.4. The van der Waals surface area contributed by atoms with Crippen LogP contribution in [0.1, 0.15) is 157 Å². The molecule has 2 bridgehead atoms. The van der Waals surface area contributed by atoms with Gasteiger partial charge in [-0.05, 0) is 131 Å². The van der Waals surface area contributed by atoms with E-state index in [1.54, 1.807) is 19.1 Å². The number of ketones is 1. The van der Waals surface area contributed by atoms with Gasteiger partial charge in [0.25, 0.3) is 0 Å². The highest BCUT2D eigenvalue weighted by atomic mass is 16.6. The molecule has 57 heavy (non-hydrogen) atoms. The Balaban J connectivity index is 1.41. The number of allylic oxidation sites excluding steroid dienone is 2. The quantitative estimate of drug-likeness (QED) is 0.182. The summed E-state index contributed by atoms with van der Waals surface area (Å²) >= 11 is 0. The van der Waals surface area contributed by atoms with E-state index in [4.69, 9.17) is 14.2 Å². The first kappa shape index (κ1) is 43.2. The van der Waals surface area contributed by atoms with Crippen LogP contribution in [0.4, 0.5) is 4.79 Å². The number of methoxy groups -OCH3 is 2. The highest BCUT2D eigenvalue weighted by Gasteiger charge is 2.58. The van der Waals surface area contributed by atoms with E-state index in [1.165, 1.54) is 12.0 Å². The molecule has 2 aromatic rings. The van der Waals surface area contributed by atoms with Gasteiger partial charge in [0.15, 0.2) is 5.78 Å². The predicted molar refractivity (Wildman–Crippen MR) is 226 cm³/mol. The average molecular weight is 786 g/mol. The predicted octanol–water partition coefficient (Wildman–Crippen LogP) is 10.6. The molecule has 3 fully saturated rings. The minimum Gasteiger partial charge on any atom is -0.497 e. The van der Waals surface area contributed by atoms with E-state index in [-0.39, 0.29) is 42.7 Å². The maximum Gasteiger partial charge on any atom is 0.410 e.